The molecular weight excluding hydrogens is 425 g/mol. The lowest BCUT2D eigenvalue weighted by Crippen LogP contribution is -2.47. The summed E-state index contributed by atoms with van der Waals surface area (Å²) in [6.07, 6.45) is 1.13. The highest BCUT2D eigenvalue weighted by atomic mass is 32.2. The van der Waals surface area contributed by atoms with E-state index < -0.39 is 33.7 Å². The number of nitrogens with zero attached hydrogens (tertiary/aromatic N) is 1. The predicted molar refractivity (Wildman–Crippen MR) is 117 cm³/mol. The van der Waals surface area contributed by atoms with Gasteiger partial charge in [-0.3, -0.25) is 13.9 Å². The van der Waals surface area contributed by atoms with E-state index in [4.69, 9.17) is 4.74 Å². The largest absolute Gasteiger partial charge is 0.383 e. The number of hydrogen-bond acceptors (Lipinski definition) is 5. The second kappa shape index (κ2) is 10.9. The summed E-state index contributed by atoms with van der Waals surface area (Å²) in [6.45, 7) is 2.29. The average molecular weight is 452 g/mol. The summed E-state index contributed by atoms with van der Waals surface area (Å²) in [5, 5.41) is 5.33. The van der Waals surface area contributed by atoms with E-state index in [-0.39, 0.29) is 23.4 Å². The van der Waals surface area contributed by atoms with Gasteiger partial charge in [0.25, 0.3) is 5.91 Å². The van der Waals surface area contributed by atoms with E-state index in [2.05, 4.69) is 10.6 Å². The summed E-state index contributed by atoms with van der Waals surface area (Å²) in [5.74, 6) is -1.54. The van der Waals surface area contributed by atoms with E-state index in [1.54, 1.807) is 31.2 Å². The van der Waals surface area contributed by atoms with Crippen molar-refractivity contribution in [2.75, 3.05) is 36.1 Å². The van der Waals surface area contributed by atoms with Gasteiger partial charge in [-0.05, 0) is 42.8 Å². The van der Waals surface area contributed by atoms with Gasteiger partial charge in [0.05, 0.1) is 29.8 Å². The summed E-state index contributed by atoms with van der Waals surface area (Å²) < 4.78 is 44.1. The molecule has 0 aliphatic rings. The van der Waals surface area contributed by atoms with E-state index in [0.29, 0.717) is 13.2 Å². The highest BCUT2D eigenvalue weighted by Crippen LogP contribution is 2.24. The van der Waals surface area contributed by atoms with E-state index in [1.165, 1.54) is 19.2 Å². The molecule has 0 unspecified atom stereocenters. The van der Waals surface area contributed by atoms with Crippen molar-refractivity contribution in [1.82, 2.24) is 5.32 Å². The second-order valence-electron chi connectivity index (χ2n) is 6.74. The topological polar surface area (TPSA) is 105 Å². The molecule has 1 atom stereocenters. The van der Waals surface area contributed by atoms with Crippen LogP contribution in [0.1, 0.15) is 23.7 Å². The number of carbonyl (C=O) groups is 2. The Labute approximate surface area is 181 Å². The zero-order valence-electron chi connectivity index (χ0n) is 17.6. The SMILES string of the molecule is CC[C@@H](C(=O)Nc1ccccc1C(=O)NCCOC)N(c1ccc(F)cc1)S(C)(=O)=O. The van der Waals surface area contributed by atoms with Gasteiger partial charge in [0.1, 0.15) is 11.9 Å². The second-order valence-corrected chi connectivity index (χ2v) is 8.60. The smallest absolute Gasteiger partial charge is 0.253 e. The number of rotatable bonds is 10. The molecule has 8 nitrogen and oxygen atoms in total. The summed E-state index contributed by atoms with van der Waals surface area (Å²) in [7, 11) is -2.35. The zero-order chi connectivity index (χ0) is 23.0. The van der Waals surface area contributed by atoms with Crippen molar-refractivity contribution < 1.29 is 27.1 Å². The Bertz CT molecular complexity index is 1010. The monoisotopic (exact) mass is 451 g/mol. The maximum atomic E-state index is 13.3. The van der Waals surface area contributed by atoms with Crippen LogP contribution >= 0.6 is 0 Å². The number of amides is 2. The Morgan fingerprint density at radius 2 is 1.77 bits per heavy atom. The van der Waals surface area contributed by atoms with Gasteiger partial charge in [0.15, 0.2) is 0 Å². The number of methoxy groups -OCH3 is 1. The number of ether oxygens (including phenoxy) is 1. The van der Waals surface area contributed by atoms with Crippen molar-refractivity contribution in [3.63, 3.8) is 0 Å². The molecule has 168 valence electrons. The molecule has 10 heteroatoms. The predicted octanol–water partition coefficient (Wildman–Crippen LogP) is 2.39. The third kappa shape index (κ3) is 6.50. The Morgan fingerprint density at radius 1 is 1.13 bits per heavy atom. The van der Waals surface area contributed by atoms with Crippen molar-refractivity contribution in [2.45, 2.75) is 19.4 Å². The van der Waals surface area contributed by atoms with Crippen LogP contribution in [0.3, 0.4) is 0 Å². The minimum atomic E-state index is -3.86. The van der Waals surface area contributed by atoms with E-state index >= 15 is 0 Å². The number of carbonyl (C=O) groups excluding carboxylic acids is 2. The van der Waals surface area contributed by atoms with Gasteiger partial charge in [-0.1, -0.05) is 19.1 Å². The van der Waals surface area contributed by atoms with Crippen LogP contribution in [0, 0.1) is 5.82 Å². The van der Waals surface area contributed by atoms with Crippen molar-refractivity contribution in [1.29, 1.82) is 0 Å². The third-order valence-corrected chi connectivity index (χ3v) is 5.61. The quantitative estimate of drug-likeness (QED) is 0.540. The fraction of sp³-hybridized carbons (Fsp3) is 0.333. The molecule has 2 aromatic rings. The lowest BCUT2D eigenvalue weighted by atomic mass is 10.1. The summed E-state index contributed by atoms with van der Waals surface area (Å²) >= 11 is 0. The van der Waals surface area contributed by atoms with Gasteiger partial charge in [0, 0.05) is 13.7 Å². The van der Waals surface area contributed by atoms with E-state index in [1.807, 2.05) is 0 Å². The standard InChI is InChI=1S/C21H26FN3O5S/c1-4-19(25(31(3,28)29)16-11-9-15(22)10-12-16)21(27)24-18-8-6-5-7-17(18)20(26)23-13-14-30-2/h5-12,19H,4,13-14H2,1-3H3,(H,23,26)(H,24,27)/t19-/m0/s1. The van der Waals surface area contributed by atoms with Crippen LogP contribution < -0.4 is 14.9 Å². The van der Waals surface area contributed by atoms with Crippen LogP contribution in [0.15, 0.2) is 48.5 Å². The van der Waals surface area contributed by atoms with E-state index in [9.17, 15) is 22.4 Å². The first-order valence-electron chi connectivity index (χ1n) is 9.61. The van der Waals surface area contributed by atoms with Crippen LogP contribution in [0.25, 0.3) is 0 Å². The number of nitrogens with one attached hydrogen (secondary N) is 2. The third-order valence-electron chi connectivity index (χ3n) is 4.43. The molecule has 0 saturated heterocycles. The van der Waals surface area contributed by atoms with E-state index in [0.717, 1.165) is 22.7 Å². The first-order chi connectivity index (χ1) is 14.7. The number of benzene rings is 2. The fourth-order valence-electron chi connectivity index (χ4n) is 3.02. The molecule has 0 bridgehead atoms. The number of para-hydroxylation sites is 1. The Morgan fingerprint density at radius 3 is 2.35 bits per heavy atom. The van der Waals surface area contributed by atoms with Crippen LogP contribution in [-0.4, -0.2) is 52.8 Å². The molecule has 2 rings (SSSR count). The number of anilines is 2. The van der Waals surface area contributed by atoms with Crippen molar-refractivity contribution in [3.05, 3.63) is 59.9 Å². The molecule has 0 fully saturated rings. The van der Waals surface area contributed by atoms with Gasteiger partial charge in [-0.15, -0.1) is 0 Å². The van der Waals surface area contributed by atoms with Crippen molar-refractivity contribution in [2.24, 2.45) is 0 Å². The molecular formula is C21H26FN3O5S. The van der Waals surface area contributed by atoms with Crippen LogP contribution in [-0.2, 0) is 19.6 Å². The minimum Gasteiger partial charge on any atom is -0.383 e. The van der Waals surface area contributed by atoms with Gasteiger partial charge >= 0.3 is 0 Å². The molecule has 2 aromatic carbocycles. The Kier molecular flexibility index (Phi) is 8.52. The zero-order valence-corrected chi connectivity index (χ0v) is 18.4. The fourth-order valence-corrected chi connectivity index (χ4v) is 4.23. The summed E-state index contributed by atoms with van der Waals surface area (Å²) in [6, 6.07) is 10.1. The normalized spacial score (nSPS) is 12.1. The maximum Gasteiger partial charge on any atom is 0.253 e. The highest BCUT2D eigenvalue weighted by molar-refractivity contribution is 7.92. The molecule has 0 saturated carbocycles. The molecule has 2 N–H and O–H groups in total. The number of sulfonamides is 1. The molecule has 2 amide bonds. The Hall–Kier alpha value is -2.98. The lowest BCUT2D eigenvalue weighted by molar-refractivity contribution is -0.117. The van der Waals surface area contributed by atoms with Crippen molar-refractivity contribution in [3.8, 4) is 0 Å². The Balaban J connectivity index is 2.32. The molecule has 0 heterocycles. The van der Waals surface area contributed by atoms with Crippen LogP contribution in [0.5, 0.6) is 0 Å². The highest BCUT2D eigenvalue weighted by Gasteiger charge is 2.32. The first-order valence-corrected chi connectivity index (χ1v) is 11.5. The molecule has 0 radical (unpaired) electrons. The number of halogens is 1. The van der Waals surface area contributed by atoms with Crippen LogP contribution in [0.4, 0.5) is 15.8 Å². The minimum absolute atomic E-state index is 0.151. The van der Waals surface area contributed by atoms with Gasteiger partial charge in [-0.2, -0.15) is 0 Å². The summed E-state index contributed by atoms with van der Waals surface area (Å²) in [5.41, 5.74) is 0.638. The average Bonchev–Trinajstić information content (AvgIpc) is 2.72. The molecule has 31 heavy (non-hydrogen) atoms. The lowest BCUT2D eigenvalue weighted by Gasteiger charge is -2.30. The number of hydrogen-bond donors (Lipinski definition) is 2. The molecule has 0 aromatic heterocycles. The maximum absolute atomic E-state index is 13.3. The molecule has 0 aliphatic carbocycles. The molecule has 0 spiro atoms. The van der Waals surface area contributed by atoms with Crippen LogP contribution in [0.2, 0.25) is 0 Å². The van der Waals surface area contributed by atoms with Gasteiger partial charge < -0.3 is 15.4 Å². The molecule has 0 aliphatic heterocycles. The van der Waals surface area contributed by atoms with Gasteiger partial charge in [0.2, 0.25) is 15.9 Å². The summed E-state index contributed by atoms with van der Waals surface area (Å²) in [4.78, 5) is 25.5. The van der Waals surface area contributed by atoms with Crippen molar-refractivity contribution >= 4 is 33.2 Å². The van der Waals surface area contributed by atoms with Gasteiger partial charge in [-0.25, -0.2) is 12.8 Å². The first kappa shape index (κ1) is 24.3.